The van der Waals surface area contributed by atoms with Crippen LogP contribution in [0.15, 0.2) is 52.9 Å². The van der Waals surface area contributed by atoms with E-state index in [1.807, 2.05) is 24.3 Å². The number of nitrogen functional groups attached to an aromatic ring is 1. The van der Waals surface area contributed by atoms with Crippen LogP contribution >= 0.6 is 11.3 Å². The Labute approximate surface area is 223 Å². The highest BCUT2D eigenvalue weighted by molar-refractivity contribution is 7.19. The van der Waals surface area contributed by atoms with Gasteiger partial charge in [-0.2, -0.15) is 4.98 Å². The molecular weight excluding hydrogens is 512 g/mol. The van der Waals surface area contributed by atoms with Gasteiger partial charge in [-0.25, -0.2) is 9.78 Å². The van der Waals surface area contributed by atoms with Gasteiger partial charge < -0.3 is 34.8 Å². The lowest BCUT2D eigenvalue weighted by Gasteiger charge is -2.00. The molecule has 0 saturated carbocycles. The van der Waals surface area contributed by atoms with Gasteiger partial charge in [0.05, 0.1) is 27.4 Å². The second-order valence-electron chi connectivity index (χ2n) is 7.36. The Morgan fingerprint density at radius 3 is 1.95 bits per heavy atom. The minimum atomic E-state index is -0.688. The predicted molar refractivity (Wildman–Crippen MR) is 143 cm³/mol. The number of carbonyl (C=O) groups excluding carboxylic acids is 2. The summed E-state index contributed by atoms with van der Waals surface area (Å²) >= 11 is 1.26. The number of esters is 1. The fraction of sp³-hybridized carbons (Fsp3) is 0.231. The van der Waals surface area contributed by atoms with Gasteiger partial charge in [-0.05, 0) is 62.4 Å². The number of thiazole rings is 1. The van der Waals surface area contributed by atoms with Crippen LogP contribution in [-0.4, -0.2) is 49.3 Å². The maximum absolute atomic E-state index is 11.6. The lowest BCUT2D eigenvalue weighted by molar-refractivity contribution is 0.0521. The van der Waals surface area contributed by atoms with Crippen molar-refractivity contribution in [1.29, 1.82) is 0 Å². The number of amides is 1. The molecule has 0 radical (unpaired) electrons. The van der Waals surface area contributed by atoms with E-state index >= 15 is 0 Å². The van der Waals surface area contributed by atoms with Gasteiger partial charge in [0, 0.05) is 11.1 Å². The van der Waals surface area contributed by atoms with Crippen molar-refractivity contribution in [2.45, 2.75) is 13.8 Å². The summed E-state index contributed by atoms with van der Waals surface area (Å²) in [6.45, 7) is 4.18. The van der Waals surface area contributed by atoms with Crippen LogP contribution in [0.25, 0.3) is 22.0 Å². The molecule has 0 fully saturated rings. The molecule has 0 atom stereocenters. The quantitative estimate of drug-likeness (QED) is 0.290. The SMILES string of the molecule is CCOC(=O)c1nc(-c2ccc(OC)cc2)sc1N.CCOc1oc(-c2ccc(OC)cc2)nc1C(N)=O. The standard InChI is InChI=1S/C13H14N2O4.C13H14N2O3S/c1-3-18-13-10(11(14)16)15-12(19-13)8-4-6-9(17-2)7-5-8;1-3-18-13(16)10-11(14)19-12(15-10)8-4-6-9(17-2)7-5-8/h4-7H,3H2,1-2H3,(H2,14,16);4-7H,3,14H2,1-2H3. The van der Waals surface area contributed by atoms with Crippen molar-refractivity contribution in [1.82, 2.24) is 9.97 Å². The summed E-state index contributed by atoms with van der Waals surface area (Å²) < 4.78 is 25.6. The Morgan fingerprint density at radius 1 is 0.868 bits per heavy atom. The van der Waals surface area contributed by atoms with Gasteiger partial charge >= 0.3 is 11.9 Å². The molecular formula is C26H28N4O7S. The summed E-state index contributed by atoms with van der Waals surface area (Å²) in [7, 11) is 3.19. The van der Waals surface area contributed by atoms with Crippen LogP contribution in [0.4, 0.5) is 5.00 Å². The molecule has 0 aliphatic carbocycles. The smallest absolute Gasteiger partial charge is 0.360 e. The Kier molecular flexibility index (Phi) is 9.66. The number of aromatic nitrogens is 2. The van der Waals surface area contributed by atoms with Gasteiger partial charge in [0.1, 0.15) is 21.5 Å². The molecule has 0 unspecified atom stereocenters. The van der Waals surface area contributed by atoms with E-state index in [1.54, 1.807) is 52.3 Å². The second kappa shape index (κ2) is 13.1. The van der Waals surface area contributed by atoms with Gasteiger partial charge in [-0.3, -0.25) is 4.79 Å². The van der Waals surface area contributed by atoms with Crippen LogP contribution < -0.4 is 25.7 Å². The number of methoxy groups -OCH3 is 2. The fourth-order valence-corrected chi connectivity index (χ4v) is 3.91. The first-order valence-corrected chi connectivity index (χ1v) is 12.3. The molecule has 4 N–H and O–H groups in total. The number of nitrogens with two attached hydrogens (primary N) is 2. The van der Waals surface area contributed by atoms with Crippen LogP contribution in [-0.2, 0) is 4.74 Å². The summed E-state index contributed by atoms with van der Waals surface area (Å²) in [5, 5.41) is 1.05. The number of primary amides is 1. The van der Waals surface area contributed by atoms with E-state index in [4.69, 9.17) is 34.8 Å². The van der Waals surface area contributed by atoms with E-state index in [0.717, 1.165) is 17.1 Å². The molecule has 0 saturated heterocycles. The van der Waals surface area contributed by atoms with Gasteiger partial charge in [-0.15, -0.1) is 0 Å². The molecule has 0 spiro atoms. The van der Waals surface area contributed by atoms with Crippen molar-refractivity contribution in [3.63, 3.8) is 0 Å². The zero-order chi connectivity index (χ0) is 27.7. The molecule has 0 aliphatic rings. The van der Waals surface area contributed by atoms with Crippen molar-refractivity contribution in [2.24, 2.45) is 5.73 Å². The van der Waals surface area contributed by atoms with E-state index in [2.05, 4.69) is 9.97 Å². The van der Waals surface area contributed by atoms with Gasteiger partial charge in [-0.1, -0.05) is 11.3 Å². The number of oxazole rings is 1. The van der Waals surface area contributed by atoms with E-state index in [1.165, 1.54) is 11.3 Å². The molecule has 38 heavy (non-hydrogen) atoms. The molecule has 4 rings (SSSR count). The zero-order valence-corrected chi connectivity index (χ0v) is 22.2. The summed E-state index contributed by atoms with van der Waals surface area (Å²) in [5.41, 5.74) is 12.8. The lowest BCUT2D eigenvalue weighted by Crippen LogP contribution is -2.13. The topological polar surface area (TPSA) is 162 Å². The number of hydrogen-bond donors (Lipinski definition) is 2. The zero-order valence-electron chi connectivity index (χ0n) is 21.3. The fourth-order valence-electron chi connectivity index (χ4n) is 3.08. The third kappa shape index (κ3) is 6.79. The average molecular weight is 541 g/mol. The number of rotatable bonds is 9. The van der Waals surface area contributed by atoms with Crippen molar-refractivity contribution < 1.29 is 33.0 Å². The Balaban J connectivity index is 0.000000211. The van der Waals surface area contributed by atoms with Crippen LogP contribution in [0.1, 0.15) is 34.8 Å². The molecule has 0 aliphatic heterocycles. The molecule has 12 heteroatoms. The van der Waals surface area contributed by atoms with Crippen LogP contribution in [0.2, 0.25) is 0 Å². The summed E-state index contributed by atoms with van der Waals surface area (Å²) in [6, 6.07) is 14.5. The average Bonchev–Trinajstić information content (AvgIpc) is 3.53. The van der Waals surface area contributed by atoms with Crippen LogP contribution in [0.3, 0.4) is 0 Å². The lowest BCUT2D eigenvalue weighted by atomic mass is 10.2. The van der Waals surface area contributed by atoms with E-state index < -0.39 is 11.9 Å². The third-order valence-corrected chi connectivity index (χ3v) is 5.83. The first-order chi connectivity index (χ1) is 18.3. The Morgan fingerprint density at radius 2 is 1.45 bits per heavy atom. The molecule has 200 valence electrons. The van der Waals surface area contributed by atoms with Crippen LogP contribution in [0, 0.1) is 0 Å². The summed E-state index contributed by atoms with van der Waals surface area (Å²) in [6.07, 6.45) is 0. The van der Waals surface area contributed by atoms with Gasteiger partial charge in [0.15, 0.2) is 5.69 Å². The number of benzene rings is 2. The van der Waals surface area contributed by atoms with Crippen molar-refractivity contribution in [2.75, 3.05) is 33.2 Å². The first kappa shape index (κ1) is 28.0. The Hall–Kier alpha value is -4.58. The second-order valence-corrected chi connectivity index (χ2v) is 8.39. The molecule has 1 amide bonds. The van der Waals surface area contributed by atoms with Gasteiger partial charge in [0.25, 0.3) is 5.91 Å². The largest absolute Gasteiger partial charge is 0.497 e. The van der Waals surface area contributed by atoms with E-state index in [-0.39, 0.29) is 23.2 Å². The highest BCUT2D eigenvalue weighted by atomic mass is 32.1. The van der Waals surface area contributed by atoms with E-state index in [9.17, 15) is 9.59 Å². The molecule has 0 bridgehead atoms. The number of ether oxygens (including phenoxy) is 4. The van der Waals surface area contributed by atoms with Gasteiger partial charge in [0.2, 0.25) is 11.6 Å². The highest BCUT2D eigenvalue weighted by Crippen LogP contribution is 2.31. The maximum Gasteiger partial charge on any atom is 0.360 e. The molecule has 11 nitrogen and oxygen atoms in total. The van der Waals surface area contributed by atoms with Crippen LogP contribution in [0.5, 0.6) is 17.4 Å². The third-order valence-electron chi connectivity index (χ3n) is 4.90. The molecule has 2 aromatic heterocycles. The summed E-state index contributed by atoms with van der Waals surface area (Å²) in [5.74, 6) is 0.623. The predicted octanol–water partition coefficient (Wildman–Crippen LogP) is 4.43. The molecule has 2 aromatic carbocycles. The highest BCUT2D eigenvalue weighted by Gasteiger charge is 2.20. The van der Waals surface area contributed by atoms with Crippen molar-refractivity contribution >= 4 is 28.2 Å². The first-order valence-electron chi connectivity index (χ1n) is 11.5. The normalized spacial score (nSPS) is 10.2. The maximum atomic E-state index is 11.6. The minimum Gasteiger partial charge on any atom is -0.497 e. The molecule has 2 heterocycles. The van der Waals surface area contributed by atoms with E-state index in [0.29, 0.717) is 28.8 Å². The minimum absolute atomic E-state index is 0.00679. The number of nitrogens with zero attached hydrogens (tertiary/aromatic N) is 2. The summed E-state index contributed by atoms with van der Waals surface area (Å²) in [4.78, 5) is 31.2. The van der Waals surface area contributed by atoms with Crippen molar-refractivity contribution in [3.8, 4) is 39.5 Å². The monoisotopic (exact) mass is 540 g/mol. The number of hydrogen-bond acceptors (Lipinski definition) is 11. The Bertz CT molecular complexity index is 1370. The number of anilines is 1. The number of carbonyl (C=O) groups is 2. The van der Waals surface area contributed by atoms with Crippen molar-refractivity contribution in [3.05, 3.63) is 59.9 Å². The molecule has 4 aromatic rings.